The van der Waals surface area contributed by atoms with E-state index in [1.54, 1.807) is 11.3 Å². The third-order valence-electron chi connectivity index (χ3n) is 3.89. The van der Waals surface area contributed by atoms with Crippen LogP contribution in [0.3, 0.4) is 0 Å². The van der Waals surface area contributed by atoms with E-state index in [2.05, 4.69) is 34.6 Å². The first-order chi connectivity index (χ1) is 10.6. The van der Waals surface area contributed by atoms with E-state index in [9.17, 15) is 5.11 Å². The molecule has 4 nitrogen and oxygen atoms in total. The van der Waals surface area contributed by atoms with E-state index in [4.69, 9.17) is 0 Å². The van der Waals surface area contributed by atoms with Crippen molar-refractivity contribution in [3.05, 3.63) is 58.2 Å². The average Bonchev–Trinajstić information content (AvgIpc) is 3.15. The topological polar surface area (TPSA) is 49.6 Å². The third-order valence-corrected chi connectivity index (χ3v) is 4.86. The predicted molar refractivity (Wildman–Crippen MR) is 90.1 cm³/mol. The molecule has 2 atom stereocenters. The standard InChI is InChI=1S/C17H21N3OS/c1-12-5-3-7-20-14(11-19-17(12)20)10-18-13(2)9-15(21)16-6-4-8-22-16/h3-8,11,13,15,18,21H,9-10H2,1-2H3/t13-,15-/m1/s1. The van der Waals surface area contributed by atoms with Gasteiger partial charge in [0.1, 0.15) is 5.65 Å². The van der Waals surface area contributed by atoms with Crippen LogP contribution in [0.25, 0.3) is 5.65 Å². The zero-order chi connectivity index (χ0) is 15.5. The summed E-state index contributed by atoms with van der Waals surface area (Å²) in [6.07, 6.45) is 4.26. The molecule has 0 aliphatic heterocycles. The molecule has 3 heterocycles. The van der Waals surface area contributed by atoms with E-state index < -0.39 is 6.10 Å². The molecule has 3 aromatic rings. The molecule has 0 bridgehead atoms. The minimum atomic E-state index is -0.396. The number of nitrogens with zero attached hydrogens (tertiary/aromatic N) is 2. The van der Waals surface area contributed by atoms with Gasteiger partial charge in [-0.25, -0.2) is 4.98 Å². The van der Waals surface area contributed by atoms with Gasteiger partial charge in [0.05, 0.1) is 18.0 Å². The van der Waals surface area contributed by atoms with Crippen LogP contribution in [0.1, 0.15) is 35.6 Å². The first-order valence-electron chi connectivity index (χ1n) is 7.51. The lowest BCUT2D eigenvalue weighted by molar-refractivity contribution is 0.157. The Balaban J connectivity index is 1.60. The molecule has 0 amide bonds. The number of pyridine rings is 1. The Morgan fingerprint density at radius 1 is 1.36 bits per heavy atom. The van der Waals surface area contributed by atoms with Crippen molar-refractivity contribution < 1.29 is 5.11 Å². The van der Waals surface area contributed by atoms with Gasteiger partial charge in [-0.15, -0.1) is 11.3 Å². The van der Waals surface area contributed by atoms with Gasteiger partial charge < -0.3 is 14.8 Å². The first kappa shape index (κ1) is 15.2. The molecular formula is C17H21N3OS. The van der Waals surface area contributed by atoms with Crippen molar-refractivity contribution in [3.63, 3.8) is 0 Å². The van der Waals surface area contributed by atoms with Gasteiger partial charge in [0, 0.05) is 23.7 Å². The van der Waals surface area contributed by atoms with Crippen LogP contribution in [0.2, 0.25) is 0 Å². The van der Waals surface area contributed by atoms with Gasteiger partial charge in [-0.2, -0.15) is 0 Å². The summed E-state index contributed by atoms with van der Waals surface area (Å²) in [5.74, 6) is 0. The molecule has 0 saturated heterocycles. The summed E-state index contributed by atoms with van der Waals surface area (Å²) in [6.45, 7) is 4.91. The molecule has 0 aromatic carbocycles. The highest BCUT2D eigenvalue weighted by Gasteiger charge is 2.13. The largest absolute Gasteiger partial charge is 0.388 e. The summed E-state index contributed by atoms with van der Waals surface area (Å²) >= 11 is 1.60. The van der Waals surface area contributed by atoms with E-state index in [0.717, 1.165) is 22.8 Å². The SMILES string of the molecule is Cc1cccn2c(CN[C@H](C)C[C@@H](O)c3cccs3)cnc12. The molecule has 0 radical (unpaired) electrons. The van der Waals surface area contributed by atoms with Gasteiger partial charge >= 0.3 is 0 Å². The third kappa shape index (κ3) is 3.21. The second kappa shape index (κ2) is 6.60. The van der Waals surface area contributed by atoms with E-state index in [-0.39, 0.29) is 6.04 Å². The number of hydrogen-bond donors (Lipinski definition) is 2. The van der Waals surface area contributed by atoms with Gasteiger partial charge in [-0.1, -0.05) is 12.1 Å². The van der Waals surface area contributed by atoms with Crippen molar-refractivity contribution in [2.45, 2.75) is 39.0 Å². The molecule has 0 spiro atoms. The van der Waals surface area contributed by atoms with Crippen LogP contribution >= 0.6 is 11.3 Å². The van der Waals surface area contributed by atoms with Crippen LogP contribution in [0.15, 0.2) is 42.0 Å². The van der Waals surface area contributed by atoms with Crippen molar-refractivity contribution in [2.75, 3.05) is 0 Å². The minimum Gasteiger partial charge on any atom is -0.388 e. The fourth-order valence-corrected chi connectivity index (χ4v) is 3.35. The molecule has 5 heteroatoms. The molecule has 0 saturated carbocycles. The highest BCUT2D eigenvalue weighted by Crippen LogP contribution is 2.23. The summed E-state index contributed by atoms with van der Waals surface area (Å²) < 4.78 is 2.12. The van der Waals surface area contributed by atoms with Crippen molar-refractivity contribution >= 4 is 17.0 Å². The number of nitrogens with one attached hydrogen (secondary N) is 1. The van der Waals surface area contributed by atoms with Gasteiger partial charge in [-0.05, 0) is 43.3 Å². The van der Waals surface area contributed by atoms with Crippen LogP contribution in [0, 0.1) is 6.92 Å². The van der Waals surface area contributed by atoms with Crippen LogP contribution in [-0.4, -0.2) is 20.5 Å². The smallest absolute Gasteiger partial charge is 0.139 e. The molecule has 2 N–H and O–H groups in total. The molecule has 0 aliphatic carbocycles. The Morgan fingerprint density at radius 2 is 2.23 bits per heavy atom. The average molecular weight is 315 g/mol. The van der Waals surface area contributed by atoms with Crippen molar-refractivity contribution in [1.29, 1.82) is 0 Å². The number of aliphatic hydroxyl groups excluding tert-OH is 1. The Hall–Kier alpha value is -1.69. The maximum absolute atomic E-state index is 10.2. The maximum atomic E-state index is 10.2. The first-order valence-corrected chi connectivity index (χ1v) is 8.39. The van der Waals surface area contributed by atoms with Crippen molar-refractivity contribution in [3.8, 4) is 0 Å². The van der Waals surface area contributed by atoms with E-state index in [0.29, 0.717) is 6.42 Å². The van der Waals surface area contributed by atoms with Crippen LogP contribution < -0.4 is 5.32 Å². The number of aryl methyl sites for hydroxylation is 1. The summed E-state index contributed by atoms with van der Waals surface area (Å²) in [5.41, 5.74) is 3.32. The van der Waals surface area contributed by atoms with Gasteiger partial charge in [0.2, 0.25) is 0 Å². The Kier molecular flexibility index (Phi) is 4.57. The van der Waals surface area contributed by atoms with Crippen LogP contribution in [0.5, 0.6) is 0 Å². The second-order valence-electron chi connectivity index (χ2n) is 5.68. The number of fused-ring (bicyclic) bond motifs is 1. The monoisotopic (exact) mass is 315 g/mol. The van der Waals surface area contributed by atoms with Crippen molar-refractivity contribution in [1.82, 2.24) is 14.7 Å². The van der Waals surface area contributed by atoms with E-state index >= 15 is 0 Å². The highest BCUT2D eigenvalue weighted by atomic mass is 32.1. The molecule has 22 heavy (non-hydrogen) atoms. The summed E-state index contributed by atoms with van der Waals surface area (Å²) in [5, 5.41) is 15.7. The maximum Gasteiger partial charge on any atom is 0.139 e. The lowest BCUT2D eigenvalue weighted by atomic mass is 10.1. The Morgan fingerprint density at radius 3 is 3.00 bits per heavy atom. The predicted octanol–water partition coefficient (Wildman–Crippen LogP) is 3.31. The number of aromatic nitrogens is 2. The fourth-order valence-electron chi connectivity index (χ4n) is 2.63. The molecular weight excluding hydrogens is 294 g/mol. The van der Waals surface area contributed by atoms with Gasteiger partial charge in [0.15, 0.2) is 0 Å². The lowest BCUT2D eigenvalue weighted by Crippen LogP contribution is -2.27. The van der Waals surface area contributed by atoms with E-state index in [1.165, 1.54) is 5.56 Å². The molecule has 3 rings (SSSR count). The molecule has 0 fully saturated rings. The molecule has 116 valence electrons. The summed E-state index contributed by atoms with van der Waals surface area (Å²) in [6, 6.07) is 8.29. The number of rotatable bonds is 6. The molecule has 0 unspecified atom stereocenters. The zero-order valence-electron chi connectivity index (χ0n) is 12.9. The van der Waals surface area contributed by atoms with Gasteiger partial charge in [-0.3, -0.25) is 0 Å². The van der Waals surface area contributed by atoms with Gasteiger partial charge in [0.25, 0.3) is 0 Å². The normalized spacial score (nSPS) is 14.3. The fraction of sp³-hybridized carbons (Fsp3) is 0.353. The highest BCUT2D eigenvalue weighted by molar-refractivity contribution is 7.10. The van der Waals surface area contributed by atoms with Crippen molar-refractivity contribution in [2.24, 2.45) is 0 Å². The zero-order valence-corrected chi connectivity index (χ0v) is 13.7. The number of thiophene rings is 1. The quantitative estimate of drug-likeness (QED) is 0.734. The van der Waals surface area contributed by atoms with Crippen LogP contribution in [-0.2, 0) is 6.54 Å². The number of hydrogen-bond acceptors (Lipinski definition) is 4. The Labute approximate surface area is 134 Å². The number of imidazole rings is 1. The van der Waals surface area contributed by atoms with Crippen LogP contribution in [0.4, 0.5) is 0 Å². The summed E-state index contributed by atoms with van der Waals surface area (Å²) in [4.78, 5) is 5.50. The summed E-state index contributed by atoms with van der Waals surface area (Å²) in [7, 11) is 0. The molecule has 3 aromatic heterocycles. The number of aliphatic hydroxyl groups is 1. The van der Waals surface area contributed by atoms with E-state index in [1.807, 2.05) is 36.0 Å². The Bertz CT molecular complexity index is 736. The second-order valence-corrected chi connectivity index (χ2v) is 6.66. The lowest BCUT2D eigenvalue weighted by Gasteiger charge is -2.17. The minimum absolute atomic E-state index is 0.229. The molecule has 0 aliphatic rings.